The summed E-state index contributed by atoms with van der Waals surface area (Å²) in [5, 5.41) is 0. The van der Waals surface area contributed by atoms with Gasteiger partial charge in [-0.1, -0.05) is 226 Å². The Balaban J connectivity index is 4.54. The van der Waals surface area contributed by atoms with Gasteiger partial charge in [-0.3, -0.25) is 14.4 Å². The average Bonchev–Trinajstić information content (AvgIpc) is 3.33. The zero-order valence-corrected chi connectivity index (χ0v) is 43.4. The second kappa shape index (κ2) is 54.7. The van der Waals surface area contributed by atoms with Crippen LogP contribution >= 0.6 is 0 Å². The van der Waals surface area contributed by atoms with Crippen LogP contribution in [0.15, 0.2) is 109 Å². The van der Waals surface area contributed by atoms with Gasteiger partial charge in [-0.25, -0.2) is 0 Å². The normalized spacial score (nSPS) is 12.9. The van der Waals surface area contributed by atoms with Crippen molar-refractivity contribution < 1.29 is 28.6 Å². The number of carbonyl (C=O) groups excluding carboxylic acids is 3. The second-order valence-corrected chi connectivity index (χ2v) is 17.8. The second-order valence-electron chi connectivity index (χ2n) is 17.8. The van der Waals surface area contributed by atoms with Crippen molar-refractivity contribution in [3.05, 3.63) is 109 Å². The maximum absolute atomic E-state index is 12.8. The van der Waals surface area contributed by atoms with Crippen molar-refractivity contribution in [2.75, 3.05) is 13.2 Å². The molecule has 0 aromatic carbocycles. The van der Waals surface area contributed by atoms with Crippen LogP contribution in [-0.4, -0.2) is 37.2 Å². The van der Waals surface area contributed by atoms with Crippen molar-refractivity contribution in [1.82, 2.24) is 0 Å². The van der Waals surface area contributed by atoms with Gasteiger partial charge in [-0.15, -0.1) is 0 Å². The van der Waals surface area contributed by atoms with Crippen LogP contribution in [-0.2, 0) is 28.6 Å². The molecule has 0 heterocycles. The monoisotopic (exact) mass is 929 g/mol. The largest absolute Gasteiger partial charge is 0.462 e. The fraction of sp³-hybridized carbons (Fsp3) is 0.656. The summed E-state index contributed by atoms with van der Waals surface area (Å²) < 4.78 is 16.8. The smallest absolute Gasteiger partial charge is 0.306 e. The number of rotatable bonds is 48. The van der Waals surface area contributed by atoms with E-state index in [4.69, 9.17) is 14.2 Å². The molecule has 1 atom stereocenters. The number of esters is 3. The molecule has 0 aromatic rings. The third-order valence-electron chi connectivity index (χ3n) is 11.3. The predicted molar refractivity (Wildman–Crippen MR) is 288 cm³/mol. The fourth-order valence-electron chi connectivity index (χ4n) is 7.17. The molecule has 0 radical (unpaired) electrons. The SMILES string of the molecule is CC/C=C/C/C=C/C/C=C/C/C=C/C/C=C/CCCC(=O)O[C@@H](COC(=O)CCCCC/C=C/C/C=C/C/C=C/C/C=C/CCCCC)COC(=O)CCCCCCCCCCCCCCC. The first-order valence-electron chi connectivity index (χ1n) is 27.4. The summed E-state index contributed by atoms with van der Waals surface area (Å²) in [6, 6.07) is 0. The van der Waals surface area contributed by atoms with E-state index in [1.165, 1.54) is 89.9 Å². The number of allylic oxidation sites excluding steroid dienone is 18. The number of carbonyl (C=O) groups is 3. The lowest BCUT2D eigenvalue weighted by Crippen LogP contribution is -2.30. The molecule has 0 spiro atoms. The molecular formula is C61H100O6. The van der Waals surface area contributed by atoms with Gasteiger partial charge < -0.3 is 14.2 Å². The van der Waals surface area contributed by atoms with E-state index < -0.39 is 6.10 Å². The Bertz CT molecular complexity index is 1390. The molecule has 0 saturated heterocycles. The molecule has 0 fully saturated rings. The van der Waals surface area contributed by atoms with Crippen LogP contribution in [0.1, 0.15) is 239 Å². The zero-order chi connectivity index (χ0) is 48.6. The maximum atomic E-state index is 12.8. The van der Waals surface area contributed by atoms with Crippen molar-refractivity contribution >= 4 is 17.9 Å². The topological polar surface area (TPSA) is 78.9 Å². The van der Waals surface area contributed by atoms with Crippen molar-refractivity contribution in [2.45, 2.75) is 245 Å². The molecule has 0 N–H and O–H groups in total. The number of unbranched alkanes of at least 4 members (excludes halogenated alkanes) is 19. The van der Waals surface area contributed by atoms with Gasteiger partial charge in [0.05, 0.1) is 0 Å². The summed E-state index contributed by atoms with van der Waals surface area (Å²) in [4.78, 5) is 38.0. The van der Waals surface area contributed by atoms with E-state index in [-0.39, 0.29) is 37.5 Å². The molecule has 0 amide bonds. The van der Waals surface area contributed by atoms with Gasteiger partial charge in [-0.2, -0.15) is 0 Å². The summed E-state index contributed by atoms with van der Waals surface area (Å²) in [5.41, 5.74) is 0. The first-order valence-corrected chi connectivity index (χ1v) is 27.4. The molecule has 67 heavy (non-hydrogen) atoms. The van der Waals surface area contributed by atoms with Crippen LogP contribution in [0.3, 0.4) is 0 Å². The quantitative estimate of drug-likeness (QED) is 0.0262. The van der Waals surface area contributed by atoms with Crippen molar-refractivity contribution in [3.8, 4) is 0 Å². The Morgan fingerprint density at radius 3 is 0.985 bits per heavy atom. The van der Waals surface area contributed by atoms with Gasteiger partial charge >= 0.3 is 17.9 Å². The van der Waals surface area contributed by atoms with Crippen LogP contribution in [0.4, 0.5) is 0 Å². The summed E-state index contributed by atoms with van der Waals surface area (Å²) in [5.74, 6) is -1.00. The Hall–Kier alpha value is -3.93. The number of hydrogen-bond donors (Lipinski definition) is 0. The number of ether oxygens (including phenoxy) is 3. The van der Waals surface area contributed by atoms with E-state index >= 15 is 0 Å². The molecule has 0 aliphatic heterocycles. The van der Waals surface area contributed by atoms with Crippen LogP contribution in [0.25, 0.3) is 0 Å². The maximum Gasteiger partial charge on any atom is 0.306 e. The highest BCUT2D eigenvalue weighted by atomic mass is 16.6. The molecule has 6 heteroatoms. The first-order chi connectivity index (χ1) is 33.0. The van der Waals surface area contributed by atoms with Crippen LogP contribution in [0, 0.1) is 0 Å². The molecule has 0 aliphatic carbocycles. The Kier molecular flexibility index (Phi) is 51.5. The highest BCUT2D eigenvalue weighted by molar-refractivity contribution is 5.71. The molecule has 0 saturated carbocycles. The van der Waals surface area contributed by atoms with Gasteiger partial charge in [0.25, 0.3) is 0 Å². The van der Waals surface area contributed by atoms with Gasteiger partial charge in [0.15, 0.2) is 6.10 Å². The minimum absolute atomic E-state index is 0.111. The first kappa shape index (κ1) is 63.1. The van der Waals surface area contributed by atoms with Crippen LogP contribution in [0.2, 0.25) is 0 Å². The molecule has 0 aromatic heterocycles. The van der Waals surface area contributed by atoms with E-state index in [0.717, 1.165) is 103 Å². The lowest BCUT2D eigenvalue weighted by Gasteiger charge is -2.18. The minimum atomic E-state index is -0.821. The standard InChI is InChI=1S/C61H100O6/c1-4-7-10-13-16-19-22-25-27-29-30-32-33-36-39-42-45-48-51-54-60(63)66-57-58(56-65-59(62)53-50-47-44-41-38-35-24-21-18-15-12-9-6-3)67-61(64)55-52-49-46-43-40-37-34-31-28-26-23-20-17-14-11-8-5-2/h8,11,16-17,19-20,25-28,30,32,34,36-37,39,43,46,58H,4-7,9-10,12-15,18,21-24,29,31,33,35,38,40-42,44-45,47-57H2,1-3H3/b11-8+,19-16+,20-17+,27-25+,28-26+,32-30+,37-34+,39-36+,46-43+/t58-/m1/s1. The number of hydrogen-bond acceptors (Lipinski definition) is 6. The Morgan fingerprint density at radius 1 is 0.313 bits per heavy atom. The van der Waals surface area contributed by atoms with Crippen LogP contribution < -0.4 is 0 Å². The van der Waals surface area contributed by atoms with Crippen molar-refractivity contribution in [2.24, 2.45) is 0 Å². The van der Waals surface area contributed by atoms with E-state index in [9.17, 15) is 14.4 Å². The van der Waals surface area contributed by atoms with Gasteiger partial charge in [0.2, 0.25) is 0 Å². The third kappa shape index (κ3) is 52.9. The molecule has 380 valence electrons. The summed E-state index contributed by atoms with van der Waals surface area (Å²) in [6.45, 7) is 6.42. The van der Waals surface area contributed by atoms with Crippen LogP contribution in [0.5, 0.6) is 0 Å². The fourth-order valence-corrected chi connectivity index (χ4v) is 7.17. The average molecular weight is 929 g/mol. The third-order valence-corrected chi connectivity index (χ3v) is 11.3. The molecule has 0 aliphatic rings. The van der Waals surface area contributed by atoms with E-state index in [1.54, 1.807) is 0 Å². The highest BCUT2D eigenvalue weighted by Gasteiger charge is 2.19. The van der Waals surface area contributed by atoms with Crippen molar-refractivity contribution in [1.29, 1.82) is 0 Å². The Morgan fingerprint density at radius 2 is 0.597 bits per heavy atom. The molecular weight excluding hydrogens is 829 g/mol. The molecule has 6 nitrogen and oxygen atoms in total. The van der Waals surface area contributed by atoms with E-state index in [1.807, 2.05) is 0 Å². The Labute approximate surface area is 412 Å². The minimum Gasteiger partial charge on any atom is -0.462 e. The van der Waals surface area contributed by atoms with Gasteiger partial charge in [-0.05, 0) is 103 Å². The zero-order valence-electron chi connectivity index (χ0n) is 43.4. The summed E-state index contributed by atoms with van der Waals surface area (Å²) in [7, 11) is 0. The van der Waals surface area contributed by atoms with Gasteiger partial charge in [0, 0.05) is 19.3 Å². The molecule has 0 unspecified atom stereocenters. The lowest BCUT2D eigenvalue weighted by molar-refractivity contribution is -0.167. The highest BCUT2D eigenvalue weighted by Crippen LogP contribution is 2.14. The summed E-state index contributed by atoms with van der Waals surface area (Å²) >= 11 is 0. The predicted octanol–water partition coefficient (Wildman–Crippen LogP) is 18.3. The molecule has 0 rings (SSSR count). The lowest BCUT2D eigenvalue weighted by atomic mass is 10.0. The summed E-state index contributed by atoms with van der Waals surface area (Å²) in [6.07, 6.45) is 73.6. The van der Waals surface area contributed by atoms with E-state index in [2.05, 4.69) is 130 Å². The van der Waals surface area contributed by atoms with E-state index in [0.29, 0.717) is 19.3 Å². The van der Waals surface area contributed by atoms with Crippen molar-refractivity contribution in [3.63, 3.8) is 0 Å². The van der Waals surface area contributed by atoms with Gasteiger partial charge in [0.1, 0.15) is 13.2 Å². The molecule has 0 bridgehead atoms.